The van der Waals surface area contributed by atoms with Crippen LogP contribution in [-0.4, -0.2) is 0 Å². The van der Waals surface area contributed by atoms with Crippen molar-refractivity contribution in [1.29, 1.82) is 5.26 Å². The molecular formula is C11H13FN2. The van der Waals surface area contributed by atoms with Gasteiger partial charge in [0.1, 0.15) is 5.82 Å². The Morgan fingerprint density at radius 3 is 2.64 bits per heavy atom. The van der Waals surface area contributed by atoms with E-state index >= 15 is 0 Å². The molecule has 0 spiro atoms. The van der Waals surface area contributed by atoms with E-state index in [-0.39, 0.29) is 0 Å². The quantitative estimate of drug-likeness (QED) is 0.732. The third kappa shape index (κ3) is 1.69. The van der Waals surface area contributed by atoms with Crippen molar-refractivity contribution < 1.29 is 4.39 Å². The predicted octanol–water partition coefficient (Wildman–Crippen LogP) is 2.60. The van der Waals surface area contributed by atoms with E-state index in [9.17, 15) is 4.39 Å². The van der Waals surface area contributed by atoms with Crippen molar-refractivity contribution in [1.82, 2.24) is 0 Å². The molecule has 0 saturated carbocycles. The van der Waals surface area contributed by atoms with Gasteiger partial charge in [-0.25, -0.2) is 4.39 Å². The van der Waals surface area contributed by atoms with Crippen molar-refractivity contribution in [2.75, 3.05) is 5.73 Å². The third-order valence-corrected chi connectivity index (χ3v) is 2.54. The van der Waals surface area contributed by atoms with Gasteiger partial charge in [-0.05, 0) is 25.5 Å². The van der Waals surface area contributed by atoms with Crippen LogP contribution in [0.2, 0.25) is 0 Å². The maximum atomic E-state index is 13.5. The normalized spacial score (nSPS) is 14.4. The van der Waals surface area contributed by atoms with Crippen molar-refractivity contribution in [3.8, 4) is 6.07 Å². The van der Waals surface area contributed by atoms with Crippen molar-refractivity contribution in [3.63, 3.8) is 0 Å². The molecule has 1 aromatic carbocycles. The van der Waals surface area contributed by atoms with Crippen LogP contribution in [0.4, 0.5) is 10.1 Å². The van der Waals surface area contributed by atoms with Gasteiger partial charge in [-0.1, -0.05) is 13.0 Å². The summed E-state index contributed by atoms with van der Waals surface area (Å²) in [5, 5.41) is 8.98. The molecule has 0 fully saturated rings. The van der Waals surface area contributed by atoms with Crippen molar-refractivity contribution in [2.45, 2.75) is 25.7 Å². The number of nitrogen functional groups attached to an aromatic ring is 1. The lowest BCUT2D eigenvalue weighted by molar-refractivity contribution is 0.525. The molecule has 1 atom stereocenters. The molecule has 0 saturated heterocycles. The number of hydrogen-bond acceptors (Lipinski definition) is 2. The highest BCUT2D eigenvalue weighted by Crippen LogP contribution is 2.29. The molecule has 1 aromatic rings. The number of benzene rings is 1. The zero-order valence-corrected chi connectivity index (χ0v) is 8.34. The highest BCUT2D eigenvalue weighted by Gasteiger charge is 2.27. The van der Waals surface area contributed by atoms with Crippen LogP contribution < -0.4 is 5.73 Å². The second-order valence-electron chi connectivity index (χ2n) is 3.54. The molecule has 2 N–H and O–H groups in total. The first kappa shape index (κ1) is 10.5. The number of anilines is 1. The van der Waals surface area contributed by atoms with Crippen LogP contribution in [-0.2, 0) is 5.41 Å². The maximum Gasteiger partial charge on any atom is 0.130 e. The highest BCUT2D eigenvalue weighted by atomic mass is 19.1. The van der Waals surface area contributed by atoms with Gasteiger partial charge in [0.25, 0.3) is 0 Å². The number of halogens is 1. The lowest BCUT2D eigenvalue weighted by Gasteiger charge is -2.20. The van der Waals surface area contributed by atoms with E-state index in [1.54, 1.807) is 19.1 Å². The Kier molecular flexibility index (Phi) is 2.76. The van der Waals surface area contributed by atoms with Crippen molar-refractivity contribution in [3.05, 3.63) is 29.6 Å². The Balaban J connectivity index is 3.26. The number of nitrogens with zero attached hydrogens (tertiary/aromatic N) is 1. The van der Waals surface area contributed by atoms with E-state index in [0.717, 1.165) is 0 Å². The van der Waals surface area contributed by atoms with Gasteiger partial charge in [-0.15, -0.1) is 0 Å². The first-order valence-electron chi connectivity index (χ1n) is 4.50. The van der Waals surface area contributed by atoms with E-state index in [4.69, 9.17) is 11.0 Å². The Bertz CT molecular complexity index is 381. The average molecular weight is 192 g/mol. The summed E-state index contributed by atoms with van der Waals surface area (Å²) < 4.78 is 13.5. The van der Waals surface area contributed by atoms with Gasteiger partial charge in [0, 0.05) is 11.3 Å². The van der Waals surface area contributed by atoms with Crippen LogP contribution in [0.1, 0.15) is 25.8 Å². The number of nitriles is 1. The van der Waals surface area contributed by atoms with Gasteiger partial charge >= 0.3 is 0 Å². The molecule has 0 aliphatic rings. The van der Waals surface area contributed by atoms with Crippen LogP contribution in [0.25, 0.3) is 0 Å². The summed E-state index contributed by atoms with van der Waals surface area (Å²) in [4.78, 5) is 0. The molecule has 0 aliphatic carbocycles. The van der Waals surface area contributed by atoms with Crippen LogP contribution >= 0.6 is 0 Å². The molecule has 14 heavy (non-hydrogen) atoms. The third-order valence-electron chi connectivity index (χ3n) is 2.54. The fourth-order valence-corrected chi connectivity index (χ4v) is 1.31. The summed E-state index contributed by atoms with van der Waals surface area (Å²) in [5.74, 6) is -0.407. The fourth-order valence-electron chi connectivity index (χ4n) is 1.31. The fraction of sp³-hybridized carbons (Fsp3) is 0.364. The smallest absolute Gasteiger partial charge is 0.130 e. The predicted molar refractivity (Wildman–Crippen MR) is 54.1 cm³/mol. The largest absolute Gasteiger partial charge is 0.399 e. The number of nitrogens with two attached hydrogens (primary N) is 1. The zero-order valence-electron chi connectivity index (χ0n) is 8.34. The molecule has 1 rings (SSSR count). The van der Waals surface area contributed by atoms with Gasteiger partial charge in [0.15, 0.2) is 0 Å². The molecule has 0 radical (unpaired) electrons. The van der Waals surface area contributed by atoms with Crippen LogP contribution in [0.5, 0.6) is 0 Å². The average Bonchev–Trinajstić information content (AvgIpc) is 2.17. The van der Waals surface area contributed by atoms with E-state index in [0.29, 0.717) is 17.7 Å². The van der Waals surface area contributed by atoms with Gasteiger partial charge in [0.05, 0.1) is 11.5 Å². The minimum absolute atomic E-state index is 0.377. The topological polar surface area (TPSA) is 49.8 Å². The molecule has 74 valence electrons. The Morgan fingerprint density at radius 1 is 1.57 bits per heavy atom. The molecule has 0 aromatic heterocycles. The van der Waals surface area contributed by atoms with Gasteiger partial charge < -0.3 is 5.73 Å². The highest BCUT2D eigenvalue weighted by molar-refractivity contribution is 5.44. The minimum Gasteiger partial charge on any atom is -0.399 e. The molecule has 1 unspecified atom stereocenters. The van der Waals surface area contributed by atoms with Gasteiger partial charge in [-0.2, -0.15) is 5.26 Å². The van der Waals surface area contributed by atoms with E-state index < -0.39 is 11.2 Å². The van der Waals surface area contributed by atoms with E-state index in [1.807, 2.05) is 6.92 Å². The molecule has 0 aliphatic heterocycles. The summed E-state index contributed by atoms with van der Waals surface area (Å²) in [6.45, 7) is 3.58. The second-order valence-corrected chi connectivity index (χ2v) is 3.54. The van der Waals surface area contributed by atoms with Gasteiger partial charge in [0.2, 0.25) is 0 Å². The summed E-state index contributed by atoms with van der Waals surface area (Å²) in [5.41, 5.74) is 5.46. The Labute approximate surface area is 83.2 Å². The minimum atomic E-state index is -0.766. The molecule has 0 heterocycles. The summed E-state index contributed by atoms with van der Waals surface area (Å²) >= 11 is 0. The van der Waals surface area contributed by atoms with Crippen molar-refractivity contribution >= 4 is 5.69 Å². The monoisotopic (exact) mass is 192 g/mol. The SMILES string of the molecule is CCC(C)(C#N)c1ccc(N)cc1F. The van der Waals surface area contributed by atoms with Gasteiger partial charge in [-0.3, -0.25) is 0 Å². The van der Waals surface area contributed by atoms with Crippen LogP contribution in [0.15, 0.2) is 18.2 Å². The molecule has 2 nitrogen and oxygen atoms in total. The summed E-state index contributed by atoms with van der Waals surface area (Å²) in [6, 6.07) is 6.57. The Hall–Kier alpha value is -1.56. The number of hydrogen-bond donors (Lipinski definition) is 1. The Morgan fingerprint density at radius 2 is 2.21 bits per heavy atom. The lowest BCUT2D eigenvalue weighted by Crippen LogP contribution is -2.19. The van der Waals surface area contributed by atoms with Crippen LogP contribution in [0, 0.1) is 17.1 Å². The van der Waals surface area contributed by atoms with Crippen LogP contribution in [0.3, 0.4) is 0 Å². The molecule has 3 heteroatoms. The molecule has 0 bridgehead atoms. The molecular weight excluding hydrogens is 179 g/mol. The second kappa shape index (κ2) is 3.67. The number of rotatable bonds is 2. The maximum absolute atomic E-state index is 13.5. The zero-order chi connectivity index (χ0) is 10.8. The summed E-state index contributed by atoms with van der Waals surface area (Å²) in [6.07, 6.45) is 0.574. The molecule has 0 amide bonds. The standard InChI is InChI=1S/C11H13FN2/c1-3-11(2,7-13)9-5-4-8(14)6-10(9)12/h4-6H,3,14H2,1-2H3. The van der Waals surface area contributed by atoms with E-state index in [2.05, 4.69) is 6.07 Å². The first-order valence-corrected chi connectivity index (χ1v) is 4.50. The van der Waals surface area contributed by atoms with E-state index in [1.165, 1.54) is 6.07 Å². The summed E-state index contributed by atoms with van der Waals surface area (Å²) in [7, 11) is 0. The van der Waals surface area contributed by atoms with Crippen molar-refractivity contribution in [2.24, 2.45) is 0 Å². The lowest BCUT2D eigenvalue weighted by atomic mass is 9.81. The first-order chi connectivity index (χ1) is 6.53.